The fourth-order valence-corrected chi connectivity index (χ4v) is 3.33. The summed E-state index contributed by atoms with van der Waals surface area (Å²) in [6, 6.07) is 0. The summed E-state index contributed by atoms with van der Waals surface area (Å²) >= 11 is 0. The van der Waals surface area contributed by atoms with Crippen molar-refractivity contribution in [2.45, 2.75) is 57.4 Å². The predicted molar refractivity (Wildman–Crippen MR) is 72.5 cm³/mol. The normalized spacial score (nSPS) is 19.2. The standard InChI is InChI=1S/C14H21N3O2/c18-12(19)7-6-11-13(10-4-1-2-5-10)16-14-15-8-3-9-17(11)14/h10H,1-9H2,(H,15,16)(H,18,19). The van der Waals surface area contributed by atoms with E-state index in [1.165, 1.54) is 31.4 Å². The van der Waals surface area contributed by atoms with E-state index in [4.69, 9.17) is 10.1 Å². The number of nitrogens with zero attached hydrogens (tertiary/aromatic N) is 2. The first-order valence-electron chi connectivity index (χ1n) is 7.30. The molecule has 3 rings (SSSR count). The van der Waals surface area contributed by atoms with Crippen molar-refractivity contribution in [3.8, 4) is 0 Å². The van der Waals surface area contributed by atoms with Crippen LogP contribution in [0.15, 0.2) is 0 Å². The number of carboxylic acid groups (broad SMARTS) is 1. The maximum Gasteiger partial charge on any atom is 0.303 e. The number of nitrogens with one attached hydrogen (secondary N) is 1. The molecule has 0 unspecified atom stereocenters. The maximum atomic E-state index is 10.8. The largest absolute Gasteiger partial charge is 0.481 e. The summed E-state index contributed by atoms with van der Waals surface area (Å²) in [6.45, 7) is 1.94. The Balaban J connectivity index is 1.91. The van der Waals surface area contributed by atoms with Crippen LogP contribution in [0.2, 0.25) is 0 Å². The Morgan fingerprint density at radius 1 is 1.37 bits per heavy atom. The predicted octanol–water partition coefficient (Wildman–Crippen LogP) is 2.37. The van der Waals surface area contributed by atoms with E-state index in [2.05, 4.69) is 9.88 Å². The van der Waals surface area contributed by atoms with Crippen LogP contribution in [0.5, 0.6) is 0 Å². The van der Waals surface area contributed by atoms with Gasteiger partial charge in [-0.1, -0.05) is 12.8 Å². The monoisotopic (exact) mass is 263 g/mol. The zero-order valence-corrected chi connectivity index (χ0v) is 11.2. The Morgan fingerprint density at radius 3 is 2.89 bits per heavy atom. The summed E-state index contributed by atoms with van der Waals surface area (Å²) in [4.78, 5) is 15.6. The summed E-state index contributed by atoms with van der Waals surface area (Å²) in [5.41, 5.74) is 2.33. The van der Waals surface area contributed by atoms with Gasteiger partial charge in [0.05, 0.1) is 12.1 Å². The van der Waals surface area contributed by atoms with Gasteiger partial charge in [-0.05, 0) is 19.3 Å². The molecule has 0 atom stereocenters. The number of aliphatic carboxylic acids is 1. The molecular weight excluding hydrogens is 242 g/mol. The molecular formula is C14H21N3O2. The van der Waals surface area contributed by atoms with Crippen LogP contribution in [-0.4, -0.2) is 27.2 Å². The van der Waals surface area contributed by atoms with Gasteiger partial charge in [-0.3, -0.25) is 4.79 Å². The van der Waals surface area contributed by atoms with E-state index in [-0.39, 0.29) is 6.42 Å². The average molecular weight is 263 g/mol. The van der Waals surface area contributed by atoms with Crippen molar-refractivity contribution < 1.29 is 9.90 Å². The molecule has 1 aromatic rings. The van der Waals surface area contributed by atoms with Crippen molar-refractivity contribution in [1.82, 2.24) is 9.55 Å². The zero-order chi connectivity index (χ0) is 13.2. The molecule has 0 saturated heterocycles. The molecule has 1 saturated carbocycles. The van der Waals surface area contributed by atoms with Gasteiger partial charge < -0.3 is 15.0 Å². The van der Waals surface area contributed by atoms with E-state index >= 15 is 0 Å². The van der Waals surface area contributed by atoms with E-state index in [9.17, 15) is 4.79 Å². The van der Waals surface area contributed by atoms with Gasteiger partial charge >= 0.3 is 5.97 Å². The fraction of sp³-hybridized carbons (Fsp3) is 0.714. The lowest BCUT2D eigenvalue weighted by Crippen LogP contribution is -2.19. The molecule has 0 radical (unpaired) electrons. The molecule has 19 heavy (non-hydrogen) atoms. The molecule has 0 amide bonds. The summed E-state index contributed by atoms with van der Waals surface area (Å²) in [5, 5.41) is 12.3. The third-order valence-electron chi connectivity index (χ3n) is 4.26. The lowest BCUT2D eigenvalue weighted by atomic mass is 10.00. The lowest BCUT2D eigenvalue weighted by Gasteiger charge is -2.18. The minimum Gasteiger partial charge on any atom is -0.481 e. The van der Waals surface area contributed by atoms with Gasteiger partial charge in [-0.25, -0.2) is 4.98 Å². The number of carboxylic acids is 1. The van der Waals surface area contributed by atoms with Crippen molar-refractivity contribution in [3.05, 3.63) is 11.4 Å². The Labute approximate surface area is 113 Å². The summed E-state index contributed by atoms with van der Waals surface area (Å²) in [5.74, 6) is 0.772. The molecule has 1 fully saturated rings. The molecule has 5 heteroatoms. The molecule has 1 aliphatic carbocycles. The quantitative estimate of drug-likeness (QED) is 0.875. The highest BCUT2D eigenvalue weighted by Crippen LogP contribution is 2.37. The minimum atomic E-state index is -0.725. The molecule has 5 nitrogen and oxygen atoms in total. The van der Waals surface area contributed by atoms with E-state index in [1.807, 2.05) is 0 Å². The highest BCUT2D eigenvalue weighted by molar-refractivity contribution is 5.67. The number of hydrogen-bond donors (Lipinski definition) is 2. The molecule has 1 aliphatic heterocycles. The molecule has 2 N–H and O–H groups in total. The third-order valence-corrected chi connectivity index (χ3v) is 4.26. The minimum absolute atomic E-state index is 0.199. The lowest BCUT2D eigenvalue weighted by molar-refractivity contribution is -0.136. The second-order valence-electron chi connectivity index (χ2n) is 5.57. The van der Waals surface area contributed by atoms with Crippen LogP contribution in [-0.2, 0) is 17.8 Å². The maximum absolute atomic E-state index is 10.8. The first-order chi connectivity index (χ1) is 9.25. The topological polar surface area (TPSA) is 67.1 Å². The van der Waals surface area contributed by atoms with Gasteiger partial charge in [0.25, 0.3) is 0 Å². The Kier molecular flexibility index (Phi) is 3.44. The first-order valence-corrected chi connectivity index (χ1v) is 7.30. The Hall–Kier alpha value is -1.52. The van der Waals surface area contributed by atoms with Crippen LogP contribution in [0.4, 0.5) is 5.95 Å². The fourth-order valence-electron chi connectivity index (χ4n) is 3.33. The van der Waals surface area contributed by atoms with Gasteiger partial charge in [-0.15, -0.1) is 0 Å². The van der Waals surface area contributed by atoms with Crippen LogP contribution in [0.25, 0.3) is 0 Å². The molecule has 0 spiro atoms. The van der Waals surface area contributed by atoms with Crippen molar-refractivity contribution in [2.75, 3.05) is 11.9 Å². The second-order valence-corrected chi connectivity index (χ2v) is 5.57. The molecule has 0 aromatic carbocycles. The van der Waals surface area contributed by atoms with Crippen molar-refractivity contribution >= 4 is 11.9 Å². The van der Waals surface area contributed by atoms with E-state index in [1.54, 1.807) is 0 Å². The van der Waals surface area contributed by atoms with E-state index < -0.39 is 5.97 Å². The van der Waals surface area contributed by atoms with Crippen LogP contribution in [0.1, 0.15) is 55.8 Å². The number of anilines is 1. The van der Waals surface area contributed by atoms with E-state index in [0.29, 0.717) is 12.3 Å². The summed E-state index contributed by atoms with van der Waals surface area (Å²) in [7, 11) is 0. The van der Waals surface area contributed by atoms with Crippen LogP contribution in [0, 0.1) is 0 Å². The van der Waals surface area contributed by atoms with Gasteiger partial charge in [0.2, 0.25) is 5.95 Å². The Bertz CT molecular complexity index is 475. The highest BCUT2D eigenvalue weighted by Gasteiger charge is 2.27. The summed E-state index contributed by atoms with van der Waals surface area (Å²) < 4.78 is 2.21. The van der Waals surface area contributed by atoms with Crippen molar-refractivity contribution in [3.63, 3.8) is 0 Å². The first kappa shape index (κ1) is 12.5. The van der Waals surface area contributed by atoms with Gasteiger partial charge in [0, 0.05) is 31.1 Å². The van der Waals surface area contributed by atoms with Crippen LogP contribution in [0.3, 0.4) is 0 Å². The molecule has 0 bridgehead atoms. The molecule has 2 aliphatic rings. The SMILES string of the molecule is O=C(O)CCc1c(C2CCCC2)nc2n1CCCN2. The third kappa shape index (κ3) is 2.46. The zero-order valence-electron chi connectivity index (χ0n) is 11.2. The molecule has 1 aromatic heterocycles. The summed E-state index contributed by atoms with van der Waals surface area (Å²) in [6.07, 6.45) is 6.86. The van der Waals surface area contributed by atoms with E-state index in [0.717, 1.165) is 31.2 Å². The average Bonchev–Trinajstić information content (AvgIpc) is 3.03. The number of aromatic nitrogens is 2. The molecule has 2 heterocycles. The Morgan fingerprint density at radius 2 is 2.16 bits per heavy atom. The van der Waals surface area contributed by atoms with Gasteiger partial charge in [-0.2, -0.15) is 0 Å². The van der Waals surface area contributed by atoms with Crippen molar-refractivity contribution in [1.29, 1.82) is 0 Å². The smallest absolute Gasteiger partial charge is 0.303 e. The molecule has 104 valence electrons. The van der Waals surface area contributed by atoms with Crippen LogP contribution < -0.4 is 5.32 Å². The number of imidazole rings is 1. The van der Waals surface area contributed by atoms with Crippen LogP contribution >= 0.6 is 0 Å². The van der Waals surface area contributed by atoms with Gasteiger partial charge in [0.15, 0.2) is 0 Å². The second kappa shape index (κ2) is 5.23. The highest BCUT2D eigenvalue weighted by atomic mass is 16.4. The number of hydrogen-bond acceptors (Lipinski definition) is 3. The van der Waals surface area contributed by atoms with Gasteiger partial charge in [0.1, 0.15) is 0 Å². The number of fused-ring (bicyclic) bond motifs is 1. The number of rotatable bonds is 4. The number of carbonyl (C=O) groups is 1. The van der Waals surface area contributed by atoms with Crippen molar-refractivity contribution in [2.24, 2.45) is 0 Å².